The van der Waals surface area contributed by atoms with E-state index in [2.05, 4.69) is 16.0 Å². The van der Waals surface area contributed by atoms with Gasteiger partial charge in [0, 0.05) is 18.7 Å². The van der Waals surface area contributed by atoms with Crippen molar-refractivity contribution in [1.29, 1.82) is 0 Å². The second-order valence-corrected chi connectivity index (χ2v) is 5.48. The Morgan fingerprint density at radius 1 is 0.958 bits per heavy atom. The van der Waals surface area contributed by atoms with Gasteiger partial charge in [-0.1, -0.05) is 36.8 Å². The maximum absolute atomic E-state index is 12.4. The van der Waals surface area contributed by atoms with E-state index in [-0.39, 0.29) is 11.8 Å². The molecule has 126 valence electrons. The van der Waals surface area contributed by atoms with Gasteiger partial charge in [-0.2, -0.15) is 0 Å². The summed E-state index contributed by atoms with van der Waals surface area (Å²) < 4.78 is 0. The van der Waals surface area contributed by atoms with E-state index >= 15 is 0 Å². The Kier molecular flexibility index (Phi) is 6.51. The van der Waals surface area contributed by atoms with Crippen LogP contribution in [-0.2, 0) is 0 Å². The summed E-state index contributed by atoms with van der Waals surface area (Å²) in [5.74, 6) is -0.431. The van der Waals surface area contributed by atoms with E-state index in [0.717, 1.165) is 12.1 Å². The highest BCUT2D eigenvalue weighted by molar-refractivity contribution is 6.09. The lowest BCUT2D eigenvalue weighted by Gasteiger charge is -2.12. The van der Waals surface area contributed by atoms with Gasteiger partial charge in [-0.25, -0.2) is 0 Å². The Morgan fingerprint density at radius 3 is 2.50 bits per heavy atom. The van der Waals surface area contributed by atoms with Crippen LogP contribution in [0.3, 0.4) is 0 Å². The van der Waals surface area contributed by atoms with Crippen LogP contribution in [0.1, 0.15) is 33.2 Å². The van der Waals surface area contributed by atoms with Crippen molar-refractivity contribution in [1.82, 2.24) is 10.6 Å². The van der Waals surface area contributed by atoms with E-state index in [1.54, 1.807) is 30.3 Å². The molecule has 0 fully saturated rings. The number of aryl methyl sites for hydroxylation is 1. The maximum Gasteiger partial charge on any atom is 0.255 e. The monoisotopic (exact) mass is 325 g/mol. The molecule has 24 heavy (non-hydrogen) atoms. The molecule has 0 aliphatic carbocycles. The van der Waals surface area contributed by atoms with Gasteiger partial charge in [0.05, 0.1) is 11.3 Å². The molecular formula is C19H23N3O2. The zero-order valence-electron chi connectivity index (χ0n) is 14.1. The van der Waals surface area contributed by atoms with Gasteiger partial charge < -0.3 is 16.0 Å². The molecule has 0 heterocycles. The van der Waals surface area contributed by atoms with Crippen LogP contribution in [0.2, 0.25) is 0 Å². The molecular weight excluding hydrogens is 302 g/mol. The second-order valence-electron chi connectivity index (χ2n) is 5.48. The standard InChI is InChI=1S/C19H23N3O2/c1-3-20-11-12-21-19(24)16-9-4-5-10-17(16)22-18(23)15-8-6-7-14(2)13-15/h4-10,13,20H,3,11-12H2,1-2H3,(H,21,24)(H,22,23). The minimum Gasteiger partial charge on any atom is -0.351 e. The summed E-state index contributed by atoms with van der Waals surface area (Å²) in [4.78, 5) is 24.7. The molecule has 0 aromatic heterocycles. The minimum atomic E-state index is -0.230. The smallest absolute Gasteiger partial charge is 0.255 e. The molecule has 0 saturated carbocycles. The van der Waals surface area contributed by atoms with E-state index in [9.17, 15) is 9.59 Å². The Labute approximate surface area is 142 Å². The van der Waals surface area contributed by atoms with Crippen molar-refractivity contribution in [3.8, 4) is 0 Å². The topological polar surface area (TPSA) is 70.2 Å². The second kappa shape index (κ2) is 8.84. The highest BCUT2D eigenvalue weighted by Gasteiger charge is 2.13. The van der Waals surface area contributed by atoms with Crippen LogP contribution >= 0.6 is 0 Å². The third kappa shape index (κ3) is 4.93. The summed E-state index contributed by atoms with van der Waals surface area (Å²) in [5.41, 5.74) is 2.54. The zero-order chi connectivity index (χ0) is 17.4. The molecule has 0 atom stereocenters. The number of benzene rings is 2. The largest absolute Gasteiger partial charge is 0.351 e. The van der Waals surface area contributed by atoms with Crippen LogP contribution < -0.4 is 16.0 Å². The first-order valence-corrected chi connectivity index (χ1v) is 8.07. The minimum absolute atomic E-state index is 0.201. The fourth-order valence-electron chi connectivity index (χ4n) is 2.31. The van der Waals surface area contributed by atoms with Gasteiger partial charge in [-0.05, 0) is 37.7 Å². The van der Waals surface area contributed by atoms with Crippen molar-refractivity contribution in [2.24, 2.45) is 0 Å². The van der Waals surface area contributed by atoms with Gasteiger partial charge in [-0.15, -0.1) is 0 Å². The van der Waals surface area contributed by atoms with Gasteiger partial charge in [0.15, 0.2) is 0 Å². The van der Waals surface area contributed by atoms with Crippen LogP contribution in [0.25, 0.3) is 0 Å². The number of amides is 2. The average molecular weight is 325 g/mol. The summed E-state index contributed by atoms with van der Waals surface area (Å²) in [6, 6.07) is 14.3. The molecule has 5 heteroatoms. The Balaban J connectivity index is 2.08. The fourth-order valence-corrected chi connectivity index (χ4v) is 2.31. The number of hydrogen-bond acceptors (Lipinski definition) is 3. The Hall–Kier alpha value is -2.66. The molecule has 0 saturated heterocycles. The van der Waals surface area contributed by atoms with Crippen LogP contribution in [-0.4, -0.2) is 31.4 Å². The molecule has 0 spiro atoms. The maximum atomic E-state index is 12.4. The highest BCUT2D eigenvalue weighted by atomic mass is 16.2. The molecule has 0 aliphatic rings. The van der Waals surface area contributed by atoms with Crippen molar-refractivity contribution < 1.29 is 9.59 Å². The lowest BCUT2D eigenvalue weighted by Crippen LogP contribution is -2.32. The van der Waals surface area contributed by atoms with E-state index in [0.29, 0.717) is 29.9 Å². The normalized spacial score (nSPS) is 10.2. The SMILES string of the molecule is CCNCCNC(=O)c1ccccc1NC(=O)c1cccc(C)c1. The lowest BCUT2D eigenvalue weighted by molar-refractivity contribution is 0.0955. The number of rotatable bonds is 7. The number of likely N-dealkylation sites (N-methyl/N-ethyl adjacent to an activating group) is 1. The molecule has 2 rings (SSSR count). The van der Waals surface area contributed by atoms with Crippen molar-refractivity contribution in [3.63, 3.8) is 0 Å². The van der Waals surface area contributed by atoms with Crippen molar-refractivity contribution in [2.75, 3.05) is 25.0 Å². The zero-order valence-corrected chi connectivity index (χ0v) is 14.1. The molecule has 2 aromatic carbocycles. The predicted octanol–water partition coefficient (Wildman–Crippen LogP) is 2.59. The summed E-state index contributed by atoms with van der Waals surface area (Å²) in [7, 11) is 0. The van der Waals surface area contributed by atoms with Gasteiger partial charge in [0.25, 0.3) is 11.8 Å². The molecule has 0 unspecified atom stereocenters. The third-order valence-electron chi connectivity index (χ3n) is 3.54. The Morgan fingerprint density at radius 2 is 1.75 bits per heavy atom. The number of para-hydroxylation sites is 1. The van der Waals surface area contributed by atoms with Gasteiger partial charge >= 0.3 is 0 Å². The third-order valence-corrected chi connectivity index (χ3v) is 3.54. The van der Waals surface area contributed by atoms with E-state index in [1.807, 2.05) is 32.0 Å². The summed E-state index contributed by atoms with van der Waals surface area (Å²) in [6.45, 7) is 6.05. The summed E-state index contributed by atoms with van der Waals surface area (Å²) in [6.07, 6.45) is 0. The fraction of sp³-hybridized carbons (Fsp3) is 0.263. The van der Waals surface area contributed by atoms with Crippen LogP contribution in [0, 0.1) is 6.92 Å². The van der Waals surface area contributed by atoms with Crippen LogP contribution in [0.5, 0.6) is 0 Å². The van der Waals surface area contributed by atoms with Crippen molar-refractivity contribution in [2.45, 2.75) is 13.8 Å². The number of carbonyl (C=O) groups is 2. The quantitative estimate of drug-likeness (QED) is 0.685. The Bertz CT molecular complexity index is 713. The predicted molar refractivity (Wildman–Crippen MR) is 96.5 cm³/mol. The molecule has 0 bridgehead atoms. The molecule has 3 N–H and O–H groups in total. The summed E-state index contributed by atoms with van der Waals surface area (Å²) >= 11 is 0. The number of nitrogens with one attached hydrogen (secondary N) is 3. The van der Waals surface area contributed by atoms with Crippen molar-refractivity contribution >= 4 is 17.5 Å². The molecule has 2 amide bonds. The average Bonchev–Trinajstić information content (AvgIpc) is 2.59. The van der Waals surface area contributed by atoms with E-state index in [4.69, 9.17) is 0 Å². The van der Waals surface area contributed by atoms with Gasteiger partial charge in [0.2, 0.25) is 0 Å². The first kappa shape index (κ1) is 17.7. The molecule has 0 radical (unpaired) electrons. The molecule has 2 aromatic rings. The molecule has 5 nitrogen and oxygen atoms in total. The van der Waals surface area contributed by atoms with Crippen LogP contribution in [0.15, 0.2) is 48.5 Å². The summed E-state index contributed by atoms with van der Waals surface area (Å²) in [5, 5.41) is 8.81. The number of anilines is 1. The number of carbonyl (C=O) groups excluding carboxylic acids is 2. The van der Waals surface area contributed by atoms with Gasteiger partial charge in [0.1, 0.15) is 0 Å². The molecule has 0 aliphatic heterocycles. The highest BCUT2D eigenvalue weighted by Crippen LogP contribution is 2.16. The number of hydrogen-bond donors (Lipinski definition) is 3. The van der Waals surface area contributed by atoms with E-state index < -0.39 is 0 Å². The first-order chi connectivity index (χ1) is 11.6. The van der Waals surface area contributed by atoms with Crippen LogP contribution in [0.4, 0.5) is 5.69 Å². The van der Waals surface area contributed by atoms with Gasteiger partial charge in [-0.3, -0.25) is 9.59 Å². The lowest BCUT2D eigenvalue weighted by atomic mass is 10.1. The van der Waals surface area contributed by atoms with Crippen molar-refractivity contribution in [3.05, 3.63) is 65.2 Å². The van der Waals surface area contributed by atoms with E-state index in [1.165, 1.54) is 0 Å². The first-order valence-electron chi connectivity index (χ1n) is 8.07.